The Morgan fingerprint density at radius 1 is 1.44 bits per heavy atom. The van der Waals surface area contributed by atoms with Crippen LogP contribution >= 0.6 is 11.8 Å². The first kappa shape index (κ1) is 14.8. The van der Waals surface area contributed by atoms with E-state index in [1.54, 1.807) is 17.8 Å². The lowest BCUT2D eigenvalue weighted by molar-refractivity contribution is 0.318. The van der Waals surface area contributed by atoms with E-state index < -0.39 is 0 Å². The largest absolute Gasteiger partial charge is 0.409 e. The van der Waals surface area contributed by atoms with Crippen LogP contribution in [0.2, 0.25) is 0 Å². The van der Waals surface area contributed by atoms with Crippen LogP contribution < -0.4 is 5.73 Å². The molecule has 0 aliphatic heterocycles. The molecule has 3 nitrogen and oxygen atoms in total. The van der Waals surface area contributed by atoms with Crippen molar-refractivity contribution in [1.29, 1.82) is 0 Å². The molecule has 0 spiro atoms. The molecule has 100 valence electrons. The number of oxime groups is 1. The van der Waals surface area contributed by atoms with Gasteiger partial charge in [-0.3, -0.25) is 0 Å². The maximum atomic E-state index is 13.1. The third-order valence-electron chi connectivity index (χ3n) is 2.61. The highest BCUT2D eigenvalue weighted by atomic mass is 32.2. The molecule has 1 aromatic rings. The van der Waals surface area contributed by atoms with Crippen LogP contribution in [0, 0.1) is 5.82 Å². The zero-order valence-corrected chi connectivity index (χ0v) is 11.3. The molecule has 0 amide bonds. The molecule has 0 unspecified atom stereocenters. The summed E-state index contributed by atoms with van der Waals surface area (Å²) in [7, 11) is 0. The van der Waals surface area contributed by atoms with E-state index >= 15 is 0 Å². The van der Waals surface area contributed by atoms with E-state index in [1.807, 2.05) is 0 Å². The molecule has 0 heterocycles. The maximum Gasteiger partial charge on any atom is 0.170 e. The fourth-order valence-corrected chi connectivity index (χ4v) is 2.63. The van der Waals surface area contributed by atoms with Gasteiger partial charge in [-0.1, -0.05) is 31.0 Å². The van der Waals surface area contributed by atoms with Crippen molar-refractivity contribution in [3.05, 3.63) is 35.1 Å². The van der Waals surface area contributed by atoms with Crippen LogP contribution in [0.15, 0.2) is 23.4 Å². The SMILES string of the molecule is CCCCCSCc1ccc(F)cc1/C(N)=N/O. The number of hydrogen-bond acceptors (Lipinski definition) is 3. The Morgan fingerprint density at radius 3 is 2.89 bits per heavy atom. The highest BCUT2D eigenvalue weighted by Crippen LogP contribution is 2.19. The second-order valence-electron chi connectivity index (χ2n) is 4.05. The smallest absolute Gasteiger partial charge is 0.170 e. The van der Waals surface area contributed by atoms with Crippen molar-refractivity contribution in [3.8, 4) is 0 Å². The number of amidine groups is 1. The van der Waals surface area contributed by atoms with Gasteiger partial charge in [-0.05, 0) is 29.9 Å². The first-order valence-corrected chi connectivity index (χ1v) is 7.18. The third-order valence-corrected chi connectivity index (χ3v) is 3.70. The highest BCUT2D eigenvalue weighted by molar-refractivity contribution is 7.98. The Hall–Kier alpha value is -1.23. The summed E-state index contributed by atoms with van der Waals surface area (Å²) >= 11 is 1.78. The lowest BCUT2D eigenvalue weighted by atomic mass is 10.1. The second-order valence-corrected chi connectivity index (χ2v) is 5.15. The number of rotatable bonds is 7. The highest BCUT2D eigenvalue weighted by Gasteiger charge is 2.08. The molecule has 3 N–H and O–H groups in total. The molecular weight excluding hydrogens is 251 g/mol. The summed E-state index contributed by atoms with van der Waals surface area (Å²) in [5.41, 5.74) is 6.91. The summed E-state index contributed by atoms with van der Waals surface area (Å²) in [6, 6.07) is 4.39. The summed E-state index contributed by atoms with van der Waals surface area (Å²) in [6.45, 7) is 2.17. The predicted octanol–water partition coefficient (Wildman–Crippen LogP) is 3.34. The lowest BCUT2D eigenvalue weighted by Gasteiger charge is -2.08. The lowest BCUT2D eigenvalue weighted by Crippen LogP contribution is -2.15. The van der Waals surface area contributed by atoms with Crippen LogP contribution in [-0.2, 0) is 5.75 Å². The van der Waals surface area contributed by atoms with Crippen molar-refractivity contribution in [2.45, 2.75) is 31.9 Å². The van der Waals surface area contributed by atoms with Crippen LogP contribution in [0.3, 0.4) is 0 Å². The summed E-state index contributed by atoms with van der Waals surface area (Å²) in [5, 5.41) is 11.6. The molecule has 0 atom stereocenters. The quantitative estimate of drug-likeness (QED) is 0.263. The topological polar surface area (TPSA) is 58.6 Å². The Bertz CT molecular complexity index is 410. The van der Waals surface area contributed by atoms with E-state index in [9.17, 15) is 4.39 Å². The van der Waals surface area contributed by atoms with E-state index in [1.165, 1.54) is 31.4 Å². The van der Waals surface area contributed by atoms with Gasteiger partial charge in [0.05, 0.1) is 0 Å². The van der Waals surface area contributed by atoms with Gasteiger partial charge in [-0.15, -0.1) is 0 Å². The predicted molar refractivity (Wildman–Crippen MR) is 74.6 cm³/mol. The van der Waals surface area contributed by atoms with Gasteiger partial charge in [0, 0.05) is 11.3 Å². The minimum Gasteiger partial charge on any atom is -0.409 e. The Balaban J connectivity index is 2.64. The van der Waals surface area contributed by atoms with Crippen LogP contribution in [0.5, 0.6) is 0 Å². The summed E-state index contributed by atoms with van der Waals surface area (Å²) in [6.07, 6.45) is 3.61. The van der Waals surface area contributed by atoms with Gasteiger partial charge in [-0.25, -0.2) is 4.39 Å². The average Bonchev–Trinajstić information content (AvgIpc) is 2.39. The molecular formula is C13H19FN2OS. The third kappa shape index (κ3) is 4.56. The maximum absolute atomic E-state index is 13.1. The van der Waals surface area contributed by atoms with Gasteiger partial charge in [-0.2, -0.15) is 11.8 Å². The van der Waals surface area contributed by atoms with Gasteiger partial charge in [0.1, 0.15) is 5.82 Å². The van der Waals surface area contributed by atoms with Gasteiger partial charge in [0.25, 0.3) is 0 Å². The van der Waals surface area contributed by atoms with Crippen molar-refractivity contribution in [3.63, 3.8) is 0 Å². The van der Waals surface area contributed by atoms with E-state index in [-0.39, 0.29) is 11.7 Å². The molecule has 1 aromatic carbocycles. The van der Waals surface area contributed by atoms with E-state index in [2.05, 4.69) is 12.1 Å². The number of halogens is 1. The number of thioether (sulfide) groups is 1. The van der Waals surface area contributed by atoms with Crippen molar-refractivity contribution in [1.82, 2.24) is 0 Å². The number of nitrogens with zero attached hydrogens (tertiary/aromatic N) is 1. The molecule has 0 aliphatic carbocycles. The summed E-state index contributed by atoms with van der Waals surface area (Å²) in [4.78, 5) is 0. The molecule has 0 saturated heterocycles. The molecule has 1 rings (SSSR count). The molecule has 0 aromatic heterocycles. The first-order valence-electron chi connectivity index (χ1n) is 6.03. The Labute approximate surface area is 111 Å². The summed E-state index contributed by atoms with van der Waals surface area (Å²) < 4.78 is 13.1. The summed E-state index contributed by atoms with van der Waals surface area (Å²) in [5.74, 6) is 1.39. The van der Waals surface area contributed by atoms with Crippen LogP contribution in [0.25, 0.3) is 0 Å². The van der Waals surface area contributed by atoms with Gasteiger partial charge >= 0.3 is 0 Å². The molecule has 0 bridgehead atoms. The minimum atomic E-state index is -0.378. The zero-order chi connectivity index (χ0) is 13.4. The van der Waals surface area contributed by atoms with Gasteiger partial charge in [0.2, 0.25) is 0 Å². The number of hydrogen-bond donors (Lipinski definition) is 2. The van der Waals surface area contributed by atoms with Gasteiger partial charge in [0.15, 0.2) is 5.84 Å². The van der Waals surface area contributed by atoms with Crippen molar-refractivity contribution >= 4 is 17.6 Å². The number of unbranched alkanes of at least 4 members (excludes halogenated alkanes) is 2. The first-order chi connectivity index (χ1) is 8.69. The standard InChI is InChI=1S/C13H19FN2OS/c1-2-3-4-7-18-9-10-5-6-11(14)8-12(10)13(15)16-17/h5-6,8,17H,2-4,7,9H2,1H3,(H2,15,16). The van der Waals surface area contributed by atoms with E-state index in [0.29, 0.717) is 5.56 Å². The fourth-order valence-electron chi connectivity index (χ4n) is 1.60. The second kappa shape index (κ2) is 7.97. The van der Waals surface area contributed by atoms with Crippen molar-refractivity contribution in [2.75, 3.05) is 5.75 Å². The average molecular weight is 270 g/mol. The molecule has 0 aliphatic rings. The van der Waals surface area contributed by atoms with Gasteiger partial charge < -0.3 is 10.9 Å². The van der Waals surface area contributed by atoms with E-state index in [4.69, 9.17) is 10.9 Å². The molecule has 0 saturated carbocycles. The number of benzene rings is 1. The number of nitrogens with two attached hydrogens (primary N) is 1. The molecule has 18 heavy (non-hydrogen) atoms. The van der Waals surface area contributed by atoms with Crippen molar-refractivity contribution < 1.29 is 9.60 Å². The monoisotopic (exact) mass is 270 g/mol. The zero-order valence-electron chi connectivity index (χ0n) is 10.5. The van der Waals surface area contributed by atoms with E-state index in [0.717, 1.165) is 17.1 Å². The molecule has 0 radical (unpaired) electrons. The minimum absolute atomic E-state index is 0.0429. The Kier molecular flexibility index (Phi) is 6.57. The van der Waals surface area contributed by atoms with Crippen LogP contribution in [-0.4, -0.2) is 16.8 Å². The Morgan fingerprint density at radius 2 is 2.22 bits per heavy atom. The fraction of sp³-hybridized carbons (Fsp3) is 0.462. The normalized spacial score (nSPS) is 11.8. The molecule has 0 fully saturated rings. The van der Waals surface area contributed by atoms with Crippen LogP contribution in [0.4, 0.5) is 4.39 Å². The van der Waals surface area contributed by atoms with Crippen molar-refractivity contribution in [2.24, 2.45) is 10.9 Å². The van der Waals surface area contributed by atoms with Crippen LogP contribution in [0.1, 0.15) is 37.3 Å². The molecule has 5 heteroatoms.